The van der Waals surface area contributed by atoms with E-state index in [0.717, 1.165) is 22.5 Å². The van der Waals surface area contributed by atoms with E-state index in [4.69, 9.17) is 0 Å². The summed E-state index contributed by atoms with van der Waals surface area (Å²) in [6.07, 6.45) is 3.66. The molecule has 0 amide bonds. The molecule has 0 atom stereocenters. The van der Waals surface area contributed by atoms with E-state index in [1.807, 2.05) is 86.0 Å². The highest BCUT2D eigenvalue weighted by Gasteiger charge is 2.42. The second kappa shape index (κ2) is 7.17. The molecular formula is C23H22N2O2S. The van der Waals surface area contributed by atoms with Gasteiger partial charge in [-0.1, -0.05) is 48.0 Å². The van der Waals surface area contributed by atoms with Gasteiger partial charge in [-0.2, -0.15) is 0 Å². The lowest BCUT2D eigenvalue weighted by molar-refractivity contribution is 0.570. The highest BCUT2D eigenvalue weighted by Crippen LogP contribution is 2.40. The molecule has 28 heavy (non-hydrogen) atoms. The molecular weight excluding hydrogens is 368 g/mol. The molecule has 0 saturated heterocycles. The third kappa shape index (κ3) is 3.18. The van der Waals surface area contributed by atoms with Crippen LogP contribution in [-0.2, 0) is 15.3 Å². The minimum absolute atomic E-state index is 0.0892. The summed E-state index contributed by atoms with van der Waals surface area (Å²) in [5.74, 6) is -0.0892. The lowest BCUT2D eigenvalue weighted by Gasteiger charge is -2.33. The second-order valence-corrected chi connectivity index (χ2v) is 9.00. The summed E-state index contributed by atoms with van der Waals surface area (Å²) in [6.45, 7) is 1.95. The van der Waals surface area contributed by atoms with Gasteiger partial charge < -0.3 is 9.97 Å². The van der Waals surface area contributed by atoms with Gasteiger partial charge in [-0.15, -0.1) is 0 Å². The Morgan fingerprint density at radius 3 is 1.82 bits per heavy atom. The SMILES string of the molecule is Cc1ccc(S(=O)(=O)CC(c2ccccc2)(c2ccc[nH]2)c2ccc[nH]2)cc1. The van der Waals surface area contributed by atoms with Crippen LogP contribution in [0.4, 0.5) is 0 Å². The molecule has 2 aromatic carbocycles. The molecule has 0 aliphatic heterocycles. The van der Waals surface area contributed by atoms with Gasteiger partial charge in [0, 0.05) is 23.8 Å². The number of rotatable bonds is 6. The van der Waals surface area contributed by atoms with Gasteiger partial charge in [-0.25, -0.2) is 8.42 Å². The Hall–Kier alpha value is -3.05. The van der Waals surface area contributed by atoms with Crippen LogP contribution < -0.4 is 0 Å². The predicted molar refractivity (Wildman–Crippen MR) is 111 cm³/mol. The zero-order valence-corrected chi connectivity index (χ0v) is 16.4. The Labute approximate surface area is 165 Å². The molecule has 4 nitrogen and oxygen atoms in total. The Morgan fingerprint density at radius 1 is 0.750 bits per heavy atom. The number of aryl methyl sites for hydroxylation is 1. The summed E-state index contributed by atoms with van der Waals surface area (Å²) in [5.41, 5.74) is 2.73. The summed E-state index contributed by atoms with van der Waals surface area (Å²) in [4.78, 5) is 6.86. The summed E-state index contributed by atoms with van der Waals surface area (Å²) < 4.78 is 27.0. The van der Waals surface area contributed by atoms with E-state index in [1.165, 1.54) is 0 Å². The van der Waals surface area contributed by atoms with Crippen LogP contribution >= 0.6 is 0 Å². The monoisotopic (exact) mass is 390 g/mol. The van der Waals surface area contributed by atoms with Gasteiger partial charge in [-0.3, -0.25) is 0 Å². The molecule has 5 heteroatoms. The van der Waals surface area contributed by atoms with Crippen LogP contribution in [0.3, 0.4) is 0 Å². The lowest BCUT2D eigenvalue weighted by atomic mass is 9.76. The van der Waals surface area contributed by atoms with Crippen LogP contribution in [-0.4, -0.2) is 24.1 Å². The van der Waals surface area contributed by atoms with Crippen LogP contribution in [0.1, 0.15) is 22.5 Å². The first-order valence-electron chi connectivity index (χ1n) is 9.15. The third-order valence-corrected chi connectivity index (χ3v) is 6.97. The minimum Gasteiger partial charge on any atom is -0.364 e. The number of hydrogen-bond acceptors (Lipinski definition) is 2. The molecule has 2 N–H and O–H groups in total. The normalized spacial score (nSPS) is 12.2. The summed E-state index contributed by atoms with van der Waals surface area (Å²) >= 11 is 0. The molecule has 0 aliphatic carbocycles. The van der Waals surface area contributed by atoms with Gasteiger partial charge in [0.2, 0.25) is 0 Å². The van der Waals surface area contributed by atoms with Crippen molar-refractivity contribution in [2.75, 3.05) is 5.75 Å². The molecule has 0 bridgehead atoms. The molecule has 0 unspecified atom stereocenters. The number of nitrogens with one attached hydrogen (secondary N) is 2. The van der Waals surface area contributed by atoms with Crippen molar-refractivity contribution in [1.82, 2.24) is 9.97 Å². The lowest BCUT2D eigenvalue weighted by Crippen LogP contribution is -2.38. The Balaban J connectivity index is 1.94. The van der Waals surface area contributed by atoms with E-state index in [9.17, 15) is 8.42 Å². The number of aromatic nitrogens is 2. The fraction of sp³-hybridized carbons (Fsp3) is 0.130. The molecule has 142 valence electrons. The Bertz CT molecular complexity index is 1100. The van der Waals surface area contributed by atoms with Gasteiger partial charge in [0.05, 0.1) is 16.1 Å². The summed E-state index contributed by atoms with van der Waals surface area (Å²) in [5, 5.41) is 0. The molecule has 0 fully saturated rings. The first-order chi connectivity index (χ1) is 13.5. The van der Waals surface area contributed by atoms with Crippen LogP contribution in [0.2, 0.25) is 0 Å². The van der Waals surface area contributed by atoms with E-state index < -0.39 is 15.3 Å². The maximum absolute atomic E-state index is 13.5. The summed E-state index contributed by atoms with van der Waals surface area (Å²) in [7, 11) is -3.57. The van der Waals surface area contributed by atoms with E-state index in [-0.39, 0.29) is 5.75 Å². The van der Waals surface area contributed by atoms with Crippen molar-refractivity contribution < 1.29 is 8.42 Å². The van der Waals surface area contributed by atoms with Crippen molar-refractivity contribution in [1.29, 1.82) is 0 Å². The number of H-pyrrole nitrogens is 2. The third-order valence-electron chi connectivity index (χ3n) is 5.17. The number of hydrogen-bond donors (Lipinski definition) is 2. The fourth-order valence-electron chi connectivity index (χ4n) is 3.72. The predicted octanol–water partition coefficient (Wildman–Crippen LogP) is 4.46. The van der Waals surface area contributed by atoms with Gasteiger partial charge in [-0.05, 0) is 48.9 Å². The highest BCUT2D eigenvalue weighted by atomic mass is 32.2. The van der Waals surface area contributed by atoms with Crippen molar-refractivity contribution in [2.45, 2.75) is 17.2 Å². The number of benzene rings is 2. The first-order valence-corrected chi connectivity index (χ1v) is 10.8. The zero-order valence-electron chi connectivity index (χ0n) is 15.6. The van der Waals surface area contributed by atoms with Crippen molar-refractivity contribution in [3.8, 4) is 0 Å². The van der Waals surface area contributed by atoms with E-state index in [1.54, 1.807) is 12.1 Å². The highest BCUT2D eigenvalue weighted by molar-refractivity contribution is 7.91. The maximum atomic E-state index is 13.5. The molecule has 2 aromatic heterocycles. The quantitative estimate of drug-likeness (QED) is 0.510. The van der Waals surface area contributed by atoms with Gasteiger partial charge in [0.1, 0.15) is 0 Å². The van der Waals surface area contributed by atoms with Crippen LogP contribution in [0.15, 0.2) is 96.2 Å². The van der Waals surface area contributed by atoms with Gasteiger partial charge in [0.15, 0.2) is 9.84 Å². The zero-order chi connectivity index (χ0) is 19.6. The largest absolute Gasteiger partial charge is 0.364 e. The van der Waals surface area contributed by atoms with Gasteiger partial charge in [0.25, 0.3) is 0 Å². The second-order valence-electron chi connectivity index (χ2n) is 7.01. The fourth-order valence-corrected chi connectivity index (χ4v) is 5.49. The van der Waals surface area contributed by atoms with Crippen molar-refractivity contribution in [3.63, 3.8) is 0 Å². The topological polar surface area (TPSA) is 65.7 Å². The molecule has 0 saturated carbocycles. The van der Waals surface area contributed by atoms with Crippen LogP contribution in [0.25, 0.3) is 0 Å². The smallest absolute Gasteiger partial charge is 0.180 e. The van der Waals surface area contributed by atoms with Gasteiger partial charge >= 0.3 is 0 Å². The van der Waals surface area contributed by atoms with E-state index in [2.05, 4.69) is 9.97 Å². The van der Waals surface area contributed by atoms with E-state index in [0.29, 0.717) is 4.90 Å². The Kier molecular flexibility index (Phi) is 4.69. The molecule has 4 rings (SSSR count). The van der Waals surface area contributed by atoms with Crippen molar-refractivity contribution in [2.24, 2.45) is 0 Å². The molecule has 0 aliphatic rings. The standard InChI is InChI=1S/C23H22N2O2S/c1-18-11-13-20(14-12-18)28(26,27)17-23(21-9-5-15-24-21,22-10-6-16-25-22)19-7-3-2-4-8-19/h2-16,24-25H,17H2,1H3. The average Bonchev–Trinajstić information content (AvgIpc) is 3.42. The Morgan fingerprint density at radius 2 is 1.32 bits per heavy atom. The maximum Gasteiger partial charge on any atom is 0.180 e. The molecule has 4 aromatic rings. The molecule has 0 spiro atoms. The minimum atomic E-state index is -3.57. The molecule has 2 heterocycles. The number of aromatic amines is 2. The van der Waals surface area contributed by atoms with Crippen molar-refractivity contribution >= 4 is 9.84 Å². The number of sulfone groups is 1. The van der Waals surface area contributed by atoms with Crippen LogP contribution in [0.5, 0.6) is 0 Å². The van der Waals surface area contributed by atoms with E-state index >= 15 is 0 Å². The first kappa shape index (κ1) is 18.3. The van der Waals surface area contributed by atoms with Crippen molar-refractivity contribution in [3.05, 3.63) is 114 Å². The summed E-state index contributed by atoms with van der Waals surface area (Å²) in [6, 6.07) is 24.5. The van der Waals surface area contributed by atoms with Crippen LogP contribution in [0, 0.1) is 6.92 Å². The molecule has 0 radical (unpaired) electrons. The average molecular weight is 391 g/mol.